The van der Waals surface area contributed by atoms with Gasteiger partial charge in [-0.2, -0.15) is 0 Å². The summed E-state index contributed by atoms with van der Waals surface area (Å²) in [4.78, 5) is 13.2. The Bertz CT molecular complexity index is 355. The molecule has 1 unspecified atom stereocenters. The summed E-state index contributed by atoms with van der Waals surface area (Å²) in [7, 11) is 0. The van der Waals surface area contributed by atoms with Gasteiger partial charge in [-0.3, -0.25) is 4.90 Å². The van der Waals surface area contributed by atoms with E-state index in [4.69, 9.17) is 5.11 Å². The summed E-state index contributed by atoms with van der Waals surface area (Å²) in [5.41, 5.74) is 1.55. The monoisotopic (exact) mass is 235 g/mol. The third-order valence-corrected chi connectivity index (χ3v) is 3.18. The predicted octanol–water partition coefficient (Wildman–Crippen LogP) is 3.18. The van der Waals surface area contributed by atoms with Crippen LogP contribution in [-0.2, 0) is 0 Å². The highest BCUT2D eigenvalue weighted by atomic mass is 16.4. The maximum absolute atomic E-state index is 10.8. The topological polar surface area (TPSA) is 40.5 Å². The Balaban J connectivity index is 2.92. The molecule has 0 heterocycles. The minimum Gasteiger partial charge on any atom is -0.478 e. The van der Waals surface area contributed by atoms with Gasteiger partial charge in [0, 0.05) is 6.04 Å². The van der Waals surface area contributed by atoms with Crippen LogP contribution in [-0.4, -0.2) is 29.1 Å². The second-order valence-corrected chi connectivity index (χ2v) is 4.07. The predicted molar refractivity (Wildman–Crippen MR) is 69.4 cm³/mol. The van der Waals surface area contributed by atoms with E-state index in [2.05, 4.69) is 25.7 Å². The molecule has 3 nitrogen and oxygen atoms in total. The molecule has 1 aromatic carbocycles. The fourth-order valence-electron chi connectivity index (χ4n) is 2.22. The Hall–Kier alpha value is -1.35. The van der Waals surface area contributed by atoms with Crippen molar-refractivity contribution < 1.29 is 9.90 Å². The van der Waals surface area contributed by atoms with E-state index in [1.54, 1.807) is 12.1 Å². The van der Waals surface area contributed by atoms with Crippen LogP contribution in [0.5, 0.6) is 0 Å². The van der Waals surface area contributed by atoms with Crippen molar-refractivity contribution in [2.24, 2.45) is 0 Å². The molecule has 0 saturated heterocycles. The highest BCUT2D eigenvalue weighted by Gasteiger charge is 2.15. The van der Waals surface area contributed by atoms with E-state index in [0.29, 0.717) is 11.6 Å². The number of carboxylic acids is 1. The molecule has 0 aliphatic rings. The van der Waals surface area contributed by atoms with E-state index in [-0.39, 0.29) is 0 Å². The van der Waals surface area contributed by atoms with E-state index in [0.717, 1.165) is 19.5 Å². The molecule has 17 heavy (non-hydrogen) atoms. The molecule has 0 aliphatic carbocycles. The molecule has 0 aliphatic heterocycles. The number of nitrogens with zero attached hydrogens (tertiary/aromatic N) is 1. The number of hydrogen-bond donors (Lipinski definition) is 1. The first kappa shape index (κ1) is 13.7. The third kappa shape index (κ3) is 3.30. The molecule has 1 atom stereocenters. The minimum atomic E-state index is -0.868. The highest BCUT2D eigenvalue weighted by molar-refractivity contribution is 5.87. The lowest BCUT2D eigenvalue weighted by molar-refractivity contribution is 0.0697. The number of carboxylic acid groups (broad SMARTS) is 1. The number of benzene rings is 1. The lowest BCUT2D eigenvalue weighted by Gasteiger charge is -2.29. The van der Waals surface area contributed by atoms with Crippen LogP contribution in [0.4, 0.5) is 0 Å². The van der Waals surface area contributed by atoms with Gasteiger partial charge in [-0.25, -0.2) is 4.79 Å². The molecule has 94 valence electrons. The molecular weight excluding hydrogens is 214 g/mol. The zero-order valence-corrected chi connectivity index (χ0v) is 10.8. The van der Waals surface area contributed by atoms with Crippen LogP contribution in [0.1, 0.15) is 49.2 Å². The number of rotatable bonds is 6. The van der Waals surface area contributed by atoms with Crippen LogP contribution < -0.4 is 0 Å². The van der Waals surface area contributed by atoms with Crippen LogP contribution in [0.3, 0.4) is 0 Å². The second kappa shape index (κ2) is 6.40. The van der Waals surface area contributed by atoms with E-state index in [1.165, 1.54) is 5.56 Å². The number of aromatic carboxylic acids is 1. The van der Waals surface area contributed by atoms with E-state index < -0.39 is 5.97 Å². The zero-order chi connectivity index (χ0) is 12.8. The summed E-state index contributed by atoms with van der Waals surface area (Å²) in [5.74, 6) is -0.868. The number of hydrogen-bond acceptors (Lipinski definition) is 2. The van der Waals surface area contributed by atoms with E-state index >= 15 is 0 Å². The van der Waals surface area contributed by atoms with Gasteiger partial charge in [0.25, 0.3) is 0 Å². The van der Waals surface area contributed by atoms with Crippen molar-refractivity contribution >= 4 is 5.97 Å². The SMILES string of the molecule is CCC(c1ccc(C(=O)O)cc1)N(CC)CC. The molecule has 1 aromatic rings. The Morgan fingerprint density at radius 2 is 1.71 bits per heavy atom. The molecule has 1 rings (SSSR count). The molecule has 0 spiro atoms. The molecule has 0 fully saturated rings. The van der Waals surface area contributed by atoms with E-state index in [1.807, 2.05) is 12.1 Å². The first-order chi connectivity index (χ1) is 8.13. The molecule has 0 saturated carbocycles. The van der Waals surface area contributed by atoms with Gasteiger partial charge in [0.1, 0.15) is 0 Å². The maximum Gasteiger partial charge on any atom is 0.335 e. The molecule has 3 heteroatoms. The quantitative estimate of drug-likeness (QED) is 0.823. The van der Waals surface area contributed by atoms with Gasteiger partial charge in [-0.15, -0.1) is 0 Å². The van der Waals surface area contributed by atoms with Gasteiger partial charge >= 0.3 is 5.97 Å². The Labute approximate surface area is 103 Å². The van der Waals surface area contributed by atoms with Gasteiger partial charge < -0.3 is 5.11 Å². The van der Waals surface area contributed by atoms with Gasteiger partial charge in [-0.1, -0.05) is 32.9 Å². The minimum absolute atomic E-state index is 0.350. The first-order valence-electron chi connectivity index (χ1n) is 6.21. The van der Waals surface area contributed by atoms with Crippen molar-refractivity contribution in [3.05, 3.63) is 35.4 Å². The fraction of sp³-hybridized carbons (Fsp3) is 0.500. The van der Waals surface area contributed by atoms with Crippen LogP contribution in [0, 0.1) is 0 Å². The van der Waals surface area contributed by atoms with Gasteiger partial charge in [-0.05, 0) is 37.2 Å². The van der Waals surface area contributed by atoms with Crippen LogP contribution >= 0.6 is 0 Å². The highest BCUT2D eigenvalue weighted by Crippen LogP contribution is 2.24. The standard InChI is InChI=1S/C14H21NO2/c1-4-13(15(5-2)6-3)11-7-9-12(10-8-11)14(16)17/h7-10,13H,4-6H2,1-3H3,(H,16,17). The Kier molecular flexibility index (Phi) is 5.16. The Morgan fingerprint density at radius 3 is 2.06 bits per heavy atom. The average Bonchev–Trinajstić information content (AvgIpc) is 2.36. The van der Waals surface area contributed by atoms with Crippen molar-refractivity contribution in [2.75, 3.05) is 13.1 Å². The van der Waals surface area contributed by atoms with Gasteiger partial charge in [0.05, 0.1) is 5.56 Å². The third-order valence-electron chi connectivity index (χ3n) is 3.18. The van der Waals surface area contributed by atoms with Crippen LogP contribution in [0.15, 0.2) is 24.3 Å². The van der Waals surface area contributed by atoms with Crippen LogP contribution in [0.25, 0.3) is 0 Å². The normalized spacial score (nSPS) is 12.7. The summed E-state index contributed by atoms with van der Waals surface area (Å²) in [5, 5.41) is 8.86. The lowest BCUT2D eigenvalue weighted by atomic mass is 10.0. The van der Waals surface area contributed by atoms with Gasteiger partial charge in [0.2, 0.25) is 0 Å². The second-order valence-electron chi connectivity index (χ2n) is 4.07. The molecule has 0 aromatic heterocycles. The fourth-order valence-corrected chi connectivity index (χ4v) is 2.22. The number of carbonyl (C=O) groups is 1. The summed E-state index contributed by atoms with van der Waals surface area (Å²) in [6, 6.07) is 7.60. The van der Waals surface area contributed by atoms with Crippen molar-refractivity contribution in [3.8, 4) is 0 Å². The van der Waals surface area contributed by atoms with E-state index in [9.17, 15) is 4.79 Å². The molecule has 0 amide bonds. The summed E-state index contributed by atoms with van der Waals surface area (Å²) in [6.45, 7) is 8.48. The van der Waals surface area contributed by atoms with Crippen molar-refractivity contribution in [3.63, 3.8) is 0 Å². The summed E-state index contributed by atoms with van der Waals surface area (Å²) < 4.78 is 0. The van der Waals surface area contributed by atoms with Gasteiger partial charge in [0.15, 0.2) is 0 Å². The lowest BCUT2D eigenvalue weighted by Crippen LogP contribution is -2.28. The molecule has 0 radical (unpaired) electrons. The maximum atomic E-state index is 10.8. The first-order valence-corrected chi connectivity index (χ1v) is 6.21. The molecule has 0 bridgehead atoms. The summed E-state index contributed by atoms with van der Waals surface area (Å²) >= 11 is 0. The average molecular weight is 235 g/mol. The smallest absolute Gasteiger partial charge is 0.335 e. The Morgan fingerprint density at radius 1 is 1.18 bits per heavy atom. The molecular formula is C14H21NO2. The summed E-state index contributed by atoms with van der Waals surface area (Å²) in [6.07, 6.45) is 1.04. The molecule has 1 N–H and O–H groups in total. The zero-order valence-electron chi connectivity index (χ0n) is 10.8. The van der Waals surface area contributed by atoms with Crippen molar-refractivity contribution in [1.82, 2.24) is 4.90 Å². The van der Waals surface area contributed by atoms with Crippen molar-refractivity contribution in [2.45, 2.75) is 33.2 Å². The van der Waals surface area contributed by atoms with Crippen molar-refractivity contribution in [1.29, 1.82) is 0 Å². The van der Waals surface area contributed by atoms with Crippen LogP contribution in [0.2, 0.25) is 0 Å². The largest absolute Gasteiger partial charge is 0.478 e.